The summed E-state index contributed by atoms with van der Waals surface area (Å²) in [5, 5.41) is 0. The Hall–Kier alpha value is -1.09. The van der Waals surface area contributed by atoms with E-state index in [4.69, 9.17) is 0 Å². The number of aryl methyl sites for hydroxylation is 1. The molecule has 16 heavy (non-hydrogen) atoms. The van der Waals surface area contributed by atoms with E-state index >= 15 is 0 Å². The molecule has 1 aliphatic heterocycles. The zero-order valence-electron chi connectivity index (χ0n) is 9.24. The third-order valence-electron chi connectivity index (χ3n) is 2.79. The maximum absolute atomic E-state index is 11.4. The van der Waals surface area contributed by atoms with Crippen LogP contribution in [0.3, 0.4) is 0 Å². The molecule has 1 aliphatic rings. The zero-order valence-corrected chi connectivity index (χ0v) is 10.8. The highest BCUT2D eigenvalue weighted by Crippen LogP contribution is 2.28. The summed E-state index contributed by atoms with van der Waals surface area (Å²) in [6.07, 6.45) is 3.91. The number of hydrogen-bond donors (Lipinski definition) is 0. The van der Waals surface area contributed by atoms with Gasteiger partial charge in [-0.1, -0.05) is 24.3 Å². The van der Waals surface area contributed by atoms with Gasteiger partial charge in [0.25, 0.3) is 0 Å². The lowest BCUT2D eigenvalue weighted by atomic mass is 10.0. The summed E-state index contributed by atoms with van der Waals surface area (Å²) in [4.78, 5) is 13.1. The lowest BCUT2D eigenvalue weighted by molar-refractivity contribution is -0.126. The van der Waals surface area contributed by atoms with Gasteiger partial charge in [-0.3, -0.25) is 4.79 Å². The van der Waals surface area contributed by atoms with Crippen molar-refractivity contribution in [3.05, 3.63) is 41.6 Å². The molecule has 3 heteroatoms. The molecule has 0 bridgehead atoms. The van der Waals surface area contributed by atoms with Crippen molar-refractivity contribution < 1.29 is 4.79 Å². The molecule has 1 aromatic carbocycles. The monoisotopic (exact) mass is 279 g/mol. The van der Waals surface area contributed by atoms with E-state index in [0.29, 0.717) is 0 Å². The minimum absolute atomic E-state index is 0.0938. The van der Waals surface area contributed by atoms with Crippen molar-refractivity contribution in [1.82, 2.24) is 4.90 Å². The van der Waals surface area contributed by atoms with Crippen LogP contribution in [0.25, 0.3) is 4.48 Å². The lowest BCUT2D eigenvalue weighted by Gasteiger charge is -2.21. The highest BCUT2D eigenvalue weighted by Gasteiger charge is 2.13. The average molecular weight is 280 g/mol. The summed E-state index contributed by atoms with van der Waals surface area (Å²) in [6.45, 7) is 2.39. The number of nitrogens with zero attached hydrogens (tertiary/aromatic N) is 1. The van der Waals surface area contributed by atoms with Gasteiger partial charge < -0.3 is 4.90 Å². The molecule has 0 unspecified atom stereocenters. The van der Waals surface area contributed by atoms with Gasteiger partial charge in [0.05, 0.1) is 0 Å². The van der Waals surface area contributed by atoms with Gasteiger partial charge >= 0.3 is 0 Å². The van der Waals surface area contributed by atoms with Crippen LogP contribution in [-0.4, -0.2) is 17.4 Å². The predicted molar refractivity (Wildman–Crippen MR) is 69.1 cm³/mol. The zero-order chi connectivity index (χ0) is 11.5. The average Bonchev–Trinajstić information content (AvgIpc) is 2.25. The second kappa shape index (κ2) is 4.83. The first-order valence-electron chi connectivity index (χ1n) is 5.41. The highest BCUT2D eigenvalue weighted by molar-refractivity contribution is 9.15. The number of amides is 1. The number of benzene rings is 1. The van der Waals surface area contributed by atoms with Crippen molar-refractivity contribution in [2.45, 2.75) is 19.8 Å². The second-order valence-corrected chi connectivity index (χ2v) is 4.80. The first kappa shape index (κ1) is 11.4. The Morgan fingerprint density at radius 1 is 1.38 bits per heavy atom. The first-order chi connectivity index (χ1) is 7.68. The standard InChI is InChI=1S/C13H14BrNO/c1-10(16)15-8-4-6-11-5-2-3-7-12(11)13(14)9-15/h2-3,5,7,9H,4,6,8H2,1H3/b13-9+. The summed E-state index contributed by atoms with van der Waals surface area (Å²) in [5.74, 6) is 0.0938. The van der Waals surface area contributed by atoms with Gasteiger partial charge in [0, 0.05) is 24.2 Å². The Morgan fingerprint density at radius 2 is 2.12 bits per heavy atom. The van der Waals surface area contributed by atoms with Crippen LogP contribution in [0.1, 0.15) is 24.5 Å². The molecule has 0 saturated heterocycles. The van der Waals surface area contributed by atoms with Gasteiger partial charge in [0.15, 0.2) is 0 Å². The lowest BCUT2D eigenvalue weighted by Crippen LogP contribution is -2.25. The van der Waals surface area contributed by atoms with E-state index in [0.717, 1.165) is 23.9 Å². The molecule has 1 aromatic rings. The summed E-state index contributed by atoms with van der Waals surface area (Å²) < 4.78 is 0.984. The van der Waals surface area contributed by atoms with E-state index in [2.05, 4.69) is 34.1 Å². The van der Waals surface area contributed by atoms with Crippen molar-refractivity contribution in [3.8, 4) is 0 Å². The smallest absolute Gasteiger partial charge is 0.223 e. The molecule has 84 valence electrons. The summed E-state index contributed by atoms with van der Waals surface area (Å²) in [6, 6.07) is 8.31. The normalized spacial score (nSPS) is 19.1. The number of rotatable bonds is 0. The number of hydrogen-bond acceptors (Lipinski definition) is 1. The molecule has 0 radical (unpaired) electrons. The van der Waals surface area contributed by atoms with Gasteiger partial charge in [0.1, 0.15) is 0 Å². The van der Waals surface area contributed by atoms with E-state index in [1.165, 1.54) is 11.1 Å². The quantitative estimate of drug-likeness (QED) is 0.714. The van der Waals surface area contributed by atoms with Gasteiger partial charge in [0.2, 0.25) is 5.91 Å². The van der Waals surface area contributed by atoms with Crippen molar-refractivity contribution in [2.24, 2.45) is 0 Å². The van der Waals surface area contributed by atoms with Crippen molar-refractivity contribution >= 4 is 26.3 Å². The molecule has 0 aliphatic carbocycles. The summed E-state index contributed by atoms with van der Waals surface area (Å²) in [5.41, 5.74) is 2.53. The van der Waals surface area contributed by atoms with E-state index < -0.39 is 0 Å². The molecule has 0 atom stereocenters. The number of carbonyl (C=O) groups excluding carboxylic acids is 1. The molecule has 0 spiro atoms. The molecule has 2 nitrogen and oxygen atoms in total. The summed E-state index contributed by atoms with van der Waals surface area (Å²) >= 11 is 3.55. The number of carbonyl (C=O) groups is 1. The van der Waals surface area contributed by atoms with Crippen LogP contribution in [0, 0.1) is 0 Å². The minimum Gasteiger partial charge on any atom is -0.318 e. The molecule has 0 fully saturated rings. The Morgan fingerprint density at radius 3 is 2.88 bits per heavy atom. The molecule has 2 rings (SSSR count). The Bertz CT molecular complexity index is 439. The van der Waals surface area contributed by atoms with Crippen LogP contribution in [0.15, 0.2) is 30.5 Å². The van der Waals surface area contributed by atoms with E-state index in [9.17, 15) is 4.79 Å². The van der Waals surface area contributed by atoms with Crippen molar-refractivity contribution in [2.75, 3.05) is 6.54 Å². The van der Waals surface area contributed by atoms with Crippen LogP contribution in [-0.2, 0) is 11.2 Å². The molecular weight excluding hydrogens is 266 g/mol. The van der Waals surface area contributed by atoms with E-state index in [-0.39, 0.29) is 5.91 Å². The molecular formula is C13H14BrNO. The fourth-order valence-corrected chi connectivity index (χ4v) is 2.56. The van der Waals surface area contributed by atoms with Gasteiger partial charge in [-0.2, -0.15) is 0 Å². The third kappa shape index (κ3) is 2.35. The minimum atomic E-state index is 0.0938. The third-order valence-corrected chi connectivity index (χ3v) is 3.43. The van der Waals surface area contributed by atoms with Gasteiger partial charge in [-0.15, -0.1) is 0 Å². The molecule has 0 saturated carbocycles. The Labute approximate surface area is 104 Å². The topological polar surface area (TPSA) is 20.3 Å². The van der Waals surface area contributed by atoms with E-state index in [1.54, 1.807) is 11.8 Å². The molecule has 0 aromatic heterocycles. The first-order valence-corrected chi connectivity index (χ1v) is 6.20. The fraction of sp³-hybridized carbons (Fsp3) is 0.308. The molecule has 0 N–H and O–H groups in total. The fourth-order valence-electron chi connectivity index (χ4n) is 1.93. The largest absolute Gasteiger partial charge is 0.318 e. The van der Waals surface area contributed by atoms with E-state index in [1.807, 2.05) is 12.3 Å². The SMILES string of the molecule is CC(=O)N1/C=C(/Br)c2ccccc2CCC1. The molecule has 1 heterocycles. The van der Waals surface area contributed by atoms with Crippen LogP contribution in [0.5, 0.6) is 0 Å². The van der Waals surface area contributed by atoms with Crippen LogP contribution < -0.4 is 0 Å². The number of halogens is 1. The Balaban J connectivity index is 2.41. The highest BCUT2D eigenvalue weighted by atomic mass is 79.9. The predicted octanol–water partition coefficient (Wildman–Crippen LogP) is 3.17. The van der Waals surface area contributed by atoms with Crippen LogP contribution >= 0.6 is 15.9 Å². The van der Waals surface area contributed by atoms with Crippen LogP contribution in [0.4, 0.5) is 0 Å². The van der Waals surface area contributed by atoms with Gasteiger partial charge in [-0.25, -0.2) is 0 Å². The van der Waals surface area contributed by atoms with Crippen LogP contribution in [0.2, 0.25) is 0 Å². The number of fused-ring (bicyclic) bond motifs is 1. The summed E-state index contributed by atoms with van der Waals surface area (Å²) in [7, 11) is 0. The maximum Gasteiger partial charge on any atom is 0.223 e. The molecule has 1 amide bonds. The second-order valence-electron chi connectivity index (χ2n) is 3.95. The van der Waals surface area contributed by atoms with Crippen molar-refractivity contribution in [1.29, 1.82) is 0 Å². The Kier molecular flexibility index (Phi) is 3.44. The van der Waals surface area contributed by atoms with Crippen molar-refractivity contribution in [3.63, 3.8) is 0 Å². The van der Waals surface area contributed by atoms with Gasteiger partial charge in [-0.05, 0) is 39.9 Å². The maximum atomic E-state index is 11.4.